The lowest BCUT2D eigenvalue weighted by Crippen LogP contribution is -2.30. The van der Waals surface area contributed by atoms with E-state index >= 15 is 0 Å². The van der Waals surface area contributed by atoms with Crippen molar-refractivity contribution in [1.29, 1.82) is 0 Å². The molecular formula is C65H104O6. The summed E-state index contributed by atoms with van der Waals surface area (Å²) in [6, 6.07) is 0. The highest BCUT2D eigenvalue weighted by atomic mass is 16.6. The van der Waals surface area contributed by atoms with Crippen LogP contribution in [0.5, 0.6) is 0 Å². The number of unbranched alkanes of at least 4 members (excludes halogenated alkanes) is 17. The van der Waals surface area contributed by atoms with E-state index in [1.54, 1.807) is 0 Å². The van der Waals surface area contributed by atoms with Crippen molar-refractivity contribution in [3.63, 3.8) is 0 Å². The van der Waals surface area contributed by atoms with Crippen LogP contribution in [-0.2, 0) is 28.6 Å². The number of esters is 3. The van der Waals surface area contributed by atoms with Crippen LogP contribution in [0.25, 0.3) is 0 Å². The van der Waals surface area contributed by atoms with Gasteiger partial charge in [0.25, 0.3) is 0 Å². The Morgan fingerprint density at radius 2 is 0.549 bits per heavy atom. The Morgan fingerprint density at radius 1 is 0.296 bits per heavy atom. The minimum absolute atomic E-state index is 0.102. The lowest BCUT2D eigenvalue weighted by Gasteiger charge is -2.18. The molecule has 0 amide bonds. The van der Waals surface area contributed by atoms with Crippen molar-refractivity contribution in [2.24, 2.45) is 0 Å². The fraction of sp³-hybridized carbons (Fsp3) is 0.615. The predicted molar refractivity (Wildman–Crippen MR) is 306 cm³/mol. The molecule has 71 heavy (non-hydrogen) atoms. The van der Waals surface area contributed by atoms with Gasteiger partial charge in [0.05, 0.1) is 0 Å². The Kier molecular flexibility index (Phi) is 54.5. The summed E-state index contributed by atoms with van der Waals surface area (Å²) in [4.78, 5) is 38.1. The minimum atomic E-state index is -0.809. The van der Waals surface area contributed by atoms with Gasteiger partial charge in [0.1, 0.15) is 13.2 Å². The first-order valence-electron chi connectivity index (χ1n) is 28.7. The highest BCUT2D eigenvalue weighted by Gasteiger charge is 2.19. The van der Waals surface area contributed by atoms with Crippen molar-refractivity contribution in [1.82, 2.24) is 0 Å². The third kappa shape index (κ3) is 56.3. The number of hydrogen-bond acceptors (Lipinski definition) is 6. The molecule has 0 aliphatic heterocycles. The van der Waals surface area contributed by atoms with E-state index in [0.29, 0.717) is 19.3 Å². The number of ether oxygens (including phenoxy) is 3. The van der Waals surface area contributed by atoms with E-state index in [9.17, 15) is 14.4 Å². The fourth-order valence-corrected chi connectivity index (χ4v) is 7.41. The molecule has 0 spiro atoms. The standard InChI is InChI=1S/C65H104O6/c1-4-7-10-13-16-19-21-23-25-27-29-31-32-34-35-37-39-41-43-46-49-52-55-58-64(67)70-61-62(60-69-63(66)57-54-51-48-45-18-15-12-9-6-3)71-65(68)59-56-53-50-47-44-42-40-38-36-33-30-28-26-24-22-20-17-14-11-8-5-2/h7-8,10-11,16-17,19-20,23-26,29-31,33-35,38,40,44,47,62H,4-6,9,12-15,18,21-22,27-28,32,36-37,39,41-43,45-46,48-61H2,1-3H3/b10-7-,11-8-,19-16-,20-17-,25-23-,26-24-,31-29-,33-30-,35-34-,40-38-,47-44-. The van der Waals surface area contributed by atoms with Gasteiger partial charge < -0.3 is 14.2 Å². The molecule has 0 N–H and O–H groups in total. The van der Waals surface area contributed by atoms with Crippen LogP contribution in [0.4, 0.5) is 0 Å². The SMILES string of the molecule is CC/C=C\C/C=C\C/C=C\C/C=C\C/C=C\C/C=C\CCCCC(=O)OC(COC(=O)CCCCCCCCC/C=C\C/C=C\C/C=C\C/C=C\C/C=C\CC)COC(=O)CCCCCCCCCCC. The summed E-state index contributed by atoms with van der Waals surface area (Å²) in [6.07, 6.45) is 81.6. The van der Waals surface area contributed by atoms with Gasteiger partial charge in [0, 0.05) is 19.3 Å². The van der Waals surface area contributed by atoms with Gasteiger partial charge in [-0.15, -0.1) is 0 Å². The van der Waals surface area contributed by atoms with E-state index in [0.717, 1.165) is 128 Å². The van der Waals surface area contributed by atoms with Gasteiger partial charge in [-0.1, -0.05) is 238 Å². The number of carbonyl (C=O) groups excluding carboxylic acids is 3. The molecule has 0 rings (SSSR count). The summed E-state index contributed by atoms with van der Waals surface area (Å²) < 4.78 is 16.8. The zero-order valence-electron chi connectivity index (χ0n) is 45.7. The quantitative estimate of drug-likeness (QED) is 0.0262. The summed E-state index contributed by atoms with van der Waals surface area (Å²) in [7, 11) is 0. The second-order valence-electron chi connectivity index (χ2n) is 18.4. The second kappa shape index (κ2) is 58.1. The molecule has 0 aliphatic carbocycles. The maximum absolute atomic E-state index is 12.8. The number of allylic oxidation sites excluding steroid dienone is 22. The van der Waals surface area contributed by atoms with Crippen LogP contribution < -0.4 is 0 Å². The summed E-state index contributed by atoms with van der Waals surface area (Å²) >= 11 is 0. The molecule has 0 aromatic carbocycles. The fourth-order valence-electron chi connectivity index (χ4n) is 7.41. The average Bonchev–Trinajstić information content (AvgIpc) is 3.37. The number of hydrogen-bond donors (Lipinski definition) is 0. The van der Waals surface area contributed by atoms with E-state index in [-0.39, 0.29) is 37.5 Å². The Balaban J connectivity index is 4.41. The zero-order valence-corrected chi connectivity index (χ0v) is 45.7. The summed E-state index contributed by atoms with van der Waals surface area (Å²) in [5, 5.41) is 0. The third-order valence-corrected chi connectivity index (χ3v) is 11.7. The predicted octanol–water partition coefficient (Wildman–Crippen LogP) is 19.4. The Morgan fingerprint density at radius 3 is 0.887 bits per heavy atom. The molecule has 400 valence electrons. The summed E-state index contributed by atoms with van der Waals surface area (Å²) in [5.74, 6) is -0.965. The van der Waals surface area contributed by atoms with E-state index < -0.39 is 6.10 Å². The molecule has 0 heterocycles. The van der Waals surface area contributed by atoms with Gasteiger partial charge in [-0.25, -0.2) is 0 Å². The van der Waals surface area contributed by atoms with Crippen molar-refractivity contribution >= 4 is 17.9 Å². The zero-order chi connectivity index (χ0) is 51.4. The molecule has 0 saturated heterocycles. The Labute approximate surface area is 436 Å². The normalized spacial score (nSPS) is 13.1. The van der Waals surface area contributed by atoms with Gasteiger partial charge >= 0.3 is 17.9 Å². The van der Waals surface area contributed by atoms with E-state index in [1.165, 1.54) is 64.2 Å². The molecule has 6 heteroatoms. The van der Waals surface area contributed by atoms with Gasteiger partial charge in [-0.05, 0) is 116 Å². The molecule has 0 aromatic rings. The molecule has 0 bridgehead atoms. The van der Waals surface area contributed by atoms with Crippen molar-refractivity contribution < 1.29 is 28.6 Å². The monoisotopic (exact) mass is 981 g/mol. The minimum Gasteiger partial charge on any atom is -0.462 e. The molecule has 0 radical (unpaired) electrons. The van der Waals surface area contributed by atoms with E-state index in [2.05, 4.69) is 154 Å². The summed E-state index contributed by atoms with van der Waals surface area (Å²) in [5.41, 5.74) is 0. The largest absolute Gasteiger partial charge is 0.462 e. The molecule has 1 atom stereocenters. The van der Waals surface area contributed by atoms with E-state index in [1.807, 2.05) is 0 Å². The first-order chi connectivity index (χ1) is 35.0. The van der Waals surface area contributed by atoms with Crippen molar-refractivity contribution in [2.75, 3.05) is 13.2 Å². The second-order valence-corrected chi connectivity index (χ2v) is 18.4. The molecule has 6 nitrogen and oxygen atoms in total. The Hall–Kier alpha value is -4.45. The van der Waals surface area contributed by atoms with Crippen molar-refractivity contribution in [2.45, 2.75) is 245 Å². The Bertz CT molecular complexity index is 1550. The van der Waals surface area contributed by atoms with Crippen LogP contribution in [0.15, 0.2) is 134 Å². The molecule has 0 aromatic heterocycles. The van der Waals surface area contributed by atoms with Crippen LogP contribution in [0.3, 0.4) is 0 Å². The lowest BCUT2D eigenvalue weighted by atomic mass is 10.1. The van der Waals surface area contributed by atoms with Crippen LogP contribution in [0.1, 0.15) is 239 Å². The molecule has 0 fully saturated rings. The van der Waals surface area contributed by atoms with Gasteiger partial charge in [0.15, 0.2) is 6.10 Å². The molecular weight excluding hydrogens is 877 g/mol. The lowest BCUT2D eigenvalue weighted by molar-refractivity contribution is -0.167. The highest BCUT2D eigenvalue weighted by molar-refractivity contribution is 5.71. The molecule has 0 aliphatic rings. The van der Waals surface area contributed by atoms with E-state index in [4.69, 9.17) is 14.2 Å². The third-order valence-electron chi connectivity index (χ3n) is 11.7. The first kappa shape index (κ1) is 66.6. The van der Waals surface area contributed by atoms with Crippen LogP contribution in [0, 0.1) is 0 Å². The smallest absolute Gasteiger partial charge is 0.306 e. The molecule has 0 saturated carbocycles. The van der Waals surface area contributed by atoms with Gasteiger partial charge in [0.2, 0.25) is 0 Å². The topological polar surface area (TPSA) is 78.9 Å². The van der Waals surface area contributed by atoms with Crippen molar-refractivity contribution in [3.8, 4) is 0 Å². The summed E-state index contributed by atoms with van der Waals surface area (Å²) in [6.45, 7) is 6.34. The maximum atomic E-state index is 12.8. The van der Waals surface area contributed by atoms with Gasteiger partial charge in [-0.2, -0.15) is 0 Å². The maximum Gasteiger partial charge on any atom is 0.306 e. The highest BCUT2D eigenvalue weighted by Crippen LogP contribution is 2.14. The van der Waals surface area contributed by atoms with Crippen LogP contribution >= 0.6 is 0 Å². The van der Waals surface area contributed by atoms with Crippen LogP contribution in [0.2, 0.25) is 0 Å². The van der Waals surface area contributed by atoms with Crippen LogP contribution in [-0.4, -0.2) is 37.2 Å². The molecule has 1 unspecified atom stereocenters. The average molecular weight is 982 g/mol. The van der Waals surface area contributed by atoms with Crippen molar-refractivity contribution in [3.05, 3.63) is 134 Å². The van der Waals surface area contributed by atoms with Gasteiger partial charge in [-0.3, -0.25) is 14.4 Å². The number of rotatable bonds is 50. The number of carbonyl (C=O) groups is 3. The first-order valence-corrected chi connectivity index (χ1v) is 28.7.